The van der Waals surface area contributed by atoms with Crippen LogP contribution in [0.4, 0.5) is 0 Å². The molecule has 0 amide bonds. The van der Waals surface area contributed by atoms with Crippen molar-refractivity contribution in [2.75, 3.05) is 0 Å². The van der Waals surface area contributed by atoms with Crippen LogP contribution in [0, 0.1) is 0 Å². The van der Waals surface area contributed by atoms with Crippen LogP contribution in [0.3, 0.4) is 0 Å². The van der Waals surface area contributed by atoms with E-state index >= 15 is 0 Å². The fourth-order valence-corrected chi connectivity index (χ4v) is 2.16. The largest absolute Gasteiger partial charge is 0.461 e. The van der Waals surface area contributed by atoms with Gasteiger partial charge in [0.15, 0.2) is 0 Å². The molecule has 0 aromatic heterocycles. The quantitative estimate of drug-likeness (QED) is 0.585. The molecule has 0 aliphatic heterocycles. The number of benzene rings is 1. The van der Waals surface area contributed by atoms with E-state index in [0.29, 0.717) is 0 Å². The van der Waals surface area contributed by atoms with E-state index in [1.165, 1.54) is 0 Å². The molecule has 1 aromatic carbocycles. The van der Waals surface area contributed by atoms with Crippen LogP contribution in [0.1, 0.15) is 37.7 Å². The Balaban J connectivity index is 2.00. The van der Waals surface area contributed by atoms with Gasteiger partial charge in [-0.25, -0.2) is 0 Å². The highest BCUT2D eigenvalue weighted by molar-refractivity contribution is 5.78. The lowest BCUT2D eigenvalue weighted by molar-refractivity contribution is -0.150. The summed E-state index contributed by atoms with van der Waals surface area (Å²) in [6.45, 7) is 2.02. The van der Waals surface area contributed by atoms with Gasteiger partial charge in [-0.3, -0.25) is 4.79 Å². The predicted octanol–water partition coefficient (Wildman–Crippen LogP) is 3.44. The molecule has 2 heteroatoms. The first-order chi connectivity index (χ1) is 8.31. The zero-order valence-corrected chi connectivity index (χ0v) is 10.1. The van der Waals surface area contributed by atoms with E-state index in [-0.39, 0.29) is 18.0 Å². The molecule has 0 saturated heterocycles. The fraction of sp³-hybridized carbons (Fsp3) is 0.400. The topological polar surface area (TPSA) is 26.3 Å². The van der Waals surface area contributed by atoms with Crippen molar-refractivity contribution in [2.45, 2.75) is 38.2 Å². The molecular weight excluding hydrogens is 212 g/mol. The predicted molar refractivity (Wildman–Crippen MR) is 67.7 cm³/mol. The maximum atomic E-state index is 12.1. The molecule has 0 radical (unpaired) electrons. The van der Waals surface area contributed by atoms with Crippen molar-refractivity contribution >= 4 is 5.97 Å². The second-order valence-corrected chi connectivity index (χ2v) is 4.37. The number of rotatable bonds is 4. The average molecular weight is 230 g/mol. The van der Waals surface area contributed by atoms with E-state index in [0.717, 1.165) is 24.8 Å². The summed E-state index contributed by atoms with van der Waals surface area (Å²) in [7, 11) is 0. The molecule has 0 heterocycles. The molecule has 1 atom stereocenters. The minimum Gasteiger partial charge on any atom is -0.461 e. The van der Waals surface area contributed by atoms with E-state index in [1.54, 1.807) is 0 Å². The normalized spacial score (nSPS) is 17.0. The van der Waals surface area contributed by atoms with Crippen LogP contribution in [0.25, 0.3) is 0 Å². The van der Waals surface area contributed by atoms with Gasteiger partial charge in [-0.2, -0.15) is 0 Å². The Bertz CT molecular complexity index is 387. The van der Waals surface area contributed by atoms with Crippen LogP contribution >= 0.6 is 0 Å². The first-order valence-electron chi connectivity index (χ1n) is 6.21. The van der Waals surface area contributed by atoms with Crippen molar-refractivity contribution in [2.24, 2.45) is 0 Å². The Kier molecular flexibility index (Phi) is 3.97. The molecular formula is C15H18O2. The van der Waals surface area contributed by atoms with E-state index in [4.69, 9.17) is 4.74 Å². The minimum absolute atomic E-state index is 0.0558. The second kappa shape index (κ2) is 5.67. The molecule has 1 aliphatic rings. The summed E-state index contributed by atoms with van der Waals surface area (Å²) in [5, 5.41) is 0. The molecule has 1 unspecified atom stereocenters. The van der Waals surface area contributed by atoms with Crippen molar-refractivity contribution < 1.29 is 9.53 Å². The van der Waals surface area contributed by atoms with Crippen LogP contribution in [0.5, 0.6) is 0 Å². The number of esters is 1. The van der Waals surface area contributed by atoms with Gasteiger partial charge in [0, 0.05) is 12.8 Å². The number of carbonyl (C=O) groups excluding carboxylic acids is 1. The number of hydrogen-bond donors (Lipinski definition) is 0. The Hall–Kier alpha value is -1.57. The van der Waals surface area contributed by atoms with Crippen molar-refractivity contribution in [3.63, 3.8) is 0 Å². The maximum Gasteiger partial charge on any atom is 0.313 e. The van der Waals surface area contributed by atoms with Gasteiger partial charge in [0.05, 0.1) is 5.92 Å². The first kappa shape index (κ1) is 11.9. The summed E-state index contributed by atoms with van der Waals surface area (Å²) >= 11 is 0. The summed E-state index contributed by atoms with van der Waals surface area (Å²) in [5.41, 5.74) is 1.05. The van der Waals surface area contributed by atoms with E-state index < -0.39 is 0 Å². The third kappa shape index (κ3) is 2.96. The monoisotopic (exact) mass is 230 g/mol. The van der Waals surface area contributed by atoms with E-state index in [1.807, 2.05) is 37.3 Å². The smallest absolute Gasteiger partial charge is 0.313 e. The van der Waals surface area contributed by atoms with Crippen molar-refractivity contribution in [1.29, 1.82) is 0 Å². The Morgan fingerprint density at radius 2 is 1.94 bits per heavy atom. The summed E-state index contributed by atoms with van der Waals surface area (Å²) in [5.74, 6) is -0.218. The highest BCUT2D eigenvalue weighted by Gasteiger charge is 2.23. The van der Waals surface area contributed by atoms with Gasteiger partial charge in [-0.1, -0.05) is 49.4 Å². The second-order valence-electron chi connectivity index (χ2n) is 4.37. The van der Waals surface area contributed by atoms with Crippen molar-refractivity contribution in [3.8, 4) is 0 Å². The van der Waals surface area contributed by atoms with Gasteiger partial charge in [-0.15, -0.1) is 0 Å². The molecule has 1 aliphatic carbocycles. The summed E-state index contributed by atoms with van der Waals surface area (Å²) in [6.07, 6.45) is 6.69. The zero-order valence-electron chi connectivity index (χ0n) is 10.1. The van der Waals surface area contributed by atoms with Gasteiger partial charge in [0.1, 0.15) is 6.10 Å². The lowest BCUT2D eigenvalue weighted by Crippen LogP contribution is -2.21. The van der Waals surface area contributed by atoms with Crippen LogP contribution in [-0.2, 0) is 9.53 Å². The molecule has 17 heavy (non-hydrogen) atoms. The van der Waals surface area contributed by atoms with Gasteiger partial charge >= 0.3 is 5.97 Å². The highest BCUT2D eigenvalue weighted by atomic mass is 16.5. The third-order valence-corrected chi connectivity index (χ3v) is 3.14. The number of hydrogen-bond acceptors (Lipinski definition) is 2. The summed E-state index contributed by atoms with van der Waals surface area (Å²) < 4.78 is 5.52. The Morgan fingerprint density at radius 3 is 2.53 bits per heavy atom. The standard InChI is InChI=1S/C15H18O2/c1-2-14(12-8-4-3-5-9-12)15(16)17-13-10-6-7-11-13/h3-9,13-14H,2,10-11H2,1H3. The highest BCUT2D eigenvalue weighted by Crippen LogP contribution is 2.23. The molecule has 2 nitrogen and oxygen atoms in total. The molecule has 0 saturated carbocycles. The molecule has 0 spiro atoms. The molecule has 90 valence electrons. The summed E-state index contributed by atoms with van der Waals surface area (Å²) in [6, 6.07) is 9.86. The molecule has 2 rings (SSSR count). The van der Waals surface area contributed by atoms with Crippen LogP contribution in [0.2, 0.25) is 0 Å². The van der Waals surface area contributed by atoms with Crippen molar-refractivity contribution in [1.82, 2.24) is 0 Å². The molecule has 0 fully saturated rings. The summed E-state index contributed by atoms with van der Waals surface area (Å²) in [4.78, 5) is 12.1. The van der Waals surface area contributed by atoms with E-state index in [9.17, 15) is 4.79 Å². The van der Waals surface area contributed by atoms with Crippen LogP contribution < -0.4 is 0 Å². The van der Waals surface area contributed by atoms with Crippen LogP contribution in [-0.4, -0.2) is 12.1 Å². The lowest BCUT2D eigenvalue weighted by atomic mass is 9.97. The SMILES string of the molecule is CCC(C(=O)OC1CC=CC1)c1ccccc1. The van der Waals surface area contributed by atoms with E-state index in [2.05, 4.69) is 12.2 Å². The average Bonchev–Trinajstić information content (AvgIpc) is 2.84. The minimum atomic E-state index is -0.128. The first-order valence-corrected chi connectivity index (χ1v) is 6.21. The number of ether oxygens (including phenoxy) is 1. The lowest BCUT2D eigenvalue weighted by Gasteiger charge is -2.18. The van der Waals surface area contributed by atoms with Gasteiger partial charge in [0.2, 0.25) is 0 Å². The third-order valence-electron chi connectivity index (χ3n) is 3.14. The van der Waals surface area contributed by atoms with Gasteiger partial charge < -0.3 is 4.74 Å². The molecule has 0 bridgehead atoms. The number of carbonyl (C=O) groups is 1. The van der Waals surface area contributed by atoms with Crippen molar-refractivity contribution in [3.05, 3.63) is 48.0 Å². The van der Waals surface area contributed by atoms with Gasteiger partial charge in [0.25, 0.3) is 0 Å². The van der Waals surface area contributed by atoms with Crippen LogP contribution in [0.15, 0.2) is 42.5 Å². The Morgan fingerprint density at radius 1 is 1.29 bits per heavy atom. The molecule has 0 N–H and O–H groups in total. The zero-order chi connectivity index (χ0) is 12.1. The Labute approximate surface area is 102 Å². The molecule has 1 aromatic rings. The fourth-order valence-electron chi connectivity index (χ4n) is 2.16. The maximum absolute atomic E-state index is 12.1. The van der Waals surface area contributed by atoms with Gasteiger partial charge in [-0.05, 0) is 12.0 Å².